The lowest BCUT2D eigenvalue weighted by molar-refractivity contribution is -0.244. The van der Waals surface area contributed by atoms with Crippen molar-refractivity contribution >= 4 is 17.6 Å². The number of likely N-dealkylation sites (tertiary alicyclic amines) is 1. The SMILES string of the molecule is COC(=O)C1(c2nccnc2Cl)CCN(C(O)OC(C)(C)C)CC1. The number of halogens is 1. The van der Waals surface area contributed by atoms with Gasteiger partial charge in [0.15, 0.2) is 5.15 Å². The van der Waals surface area contributed by atoms with Crippen molar-refractivity contribution in [2.75, 3.05) is 20.2 Å². The third-order valence-electron chi connectivity index (χ3n) is 4.11. The molecule has 1 aliphatic heterocycles. The molecule has 0 aromatic carbocycles. The minimum Gasteiger partial charge on any atom is -0.468 e. The maximum absolute atomic E-state index is 12.5. The van der Waals surface area contributed by atoms with Crippen LogP contribution in [-0.2, 0) is 19.7 Å². The highest BCUT2D eigenvalue weighted by Gasteiger charge is 2.48. The Balaban J connectivity index is 2.20. The van der Waals surface area contributed by atoms with Crippen LogP contribution in [0.15, 0.2) is 12.4 Å². The summed E-state index contributed by atoms with van der Waals surface area (Å²) in [6.07, 6.45) is 2.77. The molecule has 0 radical (unpaired) electrons. The van der Waals surface area contributed by atoms with Crippen molar-refractivity contribution in [3.05, 3.63) is 23.2 Å². The average molecular weight is 358 g/mol. The number of ether oxygens (including phenoxy) is 2. The van der Waals surface area contributed by atoms with Gasteiger partial charge in [-0.05, 0) is 33.6 Å². The van der Waals surface area contributed by atoms with Crippen LogP contribution in [0, 0.1) is 0 Å². The summed E-state index contributed by atoms with van der Waals surface area (Å²) in [5.74, 6) is -0.393. The lowest BCUT2D eigenvalue weighted by Crippen LogP contribution is -2.52. The first kappa shape index (κ1) is 19.1. The summed E-state index contributed by atoms with van der Waals surface area (Å²) in [6, 6.07) is 0. The molecule has 134 valence electrons. The number of nitrogens with zero attached hydrogens (tertiary/aromatic N) is 3. The number of methoxy groups -OCH3 is 1. The molecule has 8 heteroatoms. The van der Waals surface area contributed by atoms with Gasteiger partial charge in [-0.3, -0.25) is 14.7 Å². The first-order valence-corrected chi connectivity index (χ1v) is 8.23. The van der Waals surface area contributed by atoms with Crippen LogP contribution in [0.5, 0.6) is 0 Å². The van der Waals surface area contributed by atoms with Gasteiger partial charge in [0.25, 0.3) is 0 Å². The molecule has 0 saturated carbocycles. The zero-order valence-electron chi connectivity index (χ0n) is 14.5. The molecule has 7 nitrogen and oxygen atoms in total. The predicted molar refractivity (Wildman–Crippen MR) is 88.4 cm³/mol. The Morgan fingerprint density at radius 3 is 2.42 bits per heavy atom. The van der Waals surface area contributed by atoms with Crippen molar-refractivity contribution < 1.29 is 19.4 Å². The van der Waals surface area contributed by atoms with E-state index < -0.39 is 23.4 Å². The van der Waals surface area contributed by atoms with E-state index >= 15 is 0 Å². The van der Waals surface area contributed by atoms with Gasteiger partial charge in [0.2, 0.25) is 6.41 Å². The Labute approximate surface area is 146 Å². The van der Waals surface area contributed by atoms with E-state index in [4.69, 9.17) is 21.1 Å². The van der Waals surface area contributed by atoms with E-state index in [2.05, 4.69) is 9.97 Å². The summed E-state index contributed by atoms with van der Waals surface area (Å²) < 4.78 is 10.6. The molecule has 1 atom stereocenters. The summed E-state index contributed by atoms with van der Waals surface area (Å²) in [7, 11) is 1.35. The highest BCUT2D eigenvalue weighted by atomic mass is 35.5. The molecule has 0 bridgehead atoms. The highest BCUT2D eigenvalue weighted by molar-refractivity contribution is 6.30. The summed E-state index contributed by atoms with van der Waals surface area (Å²) in [6.45, 7) is 6.51. The summed E-state index contributed by atoms with van der Waals surface area (Å²) >= 11 is 6.17. The summed E-state index contributed by atoms with van der Waals surface area (Å²) in [5.41, 5.74) is -1.01. The number of piperidine rings is 1. The zero-order valence-corrected chi connectivity index (χ0v) is 15.2. The molecule has 1 aromatic rings. The number of aromatic nitrogens is 2. The van der Waals surface area contributed by atoms with Crippen molar-refractivity contribution in [1.82, 2.24) is 14.9 Å². The van der Waals surface area contributed by atoms with Gasteiger partial charge in [0.05, 0.1) is 18.4 Å². The molecule has 1 aromatic heterocycles. The molecule has 1 unspecified atom stereocenters. The third kappa shape index (κ3) is 4.03. The monoisotopic (exact) mass is 357 g/mol. The number of carbonyl (C=O) groups excluding carboxylic acids is 1. The van der Waals surface area contributed by atoms with Crippen LogP contribution in [0.2, 0.25) is 5.15 Å². The number of carbonyl (C=O) groups is 1. The number of hydrogen-bond acceptors (Lipinski definition) is 7. The van der Waals surface area contributed by atoms with Gasteiger partial charge in [-0.25, -0.2) is 4.98 Å². The quantitative estimate of drug-likeness (QED) is 0.648. The van der Waals surface area contributed by atoms with Gasteiger partial charge in [-0.1, -0.05) is 11.6 Å². The second-order valence-electron chi connectivity index (χ2n) is 6.86. The first-order chi connectivity index (χ1) is 11.2. The fourth-order valence-corrected chi connectivity index (χ4v) is 3.18. The van der Waals surface area contributed by atoms with Crippen molar-refractivity contribution in [2.24, 2.45) is 0 Å². The van der Waals surface area contributed by atoms with Crippen molar-refractivity contribution in [2.45, 2.75) is 51.0 Å². The van der Waals surface area contributed by atoms with Gasteiger partial charge in [0.1, 0.15) is 5.41 Å². The van der Waals surface area contributed by atoms with E-state index in [1.807, 2.05) is 20.8 Å². The van der Waals surface area contributed by atoms with Crippen LogP contribution in [0.3, 0.4) is 0 Å². The third-order valence-corrected chi connectivity index (χ3v) is 4.38. The normalized spacial score (nSPS) is 19.8. The second kappa shape index (κ2) is 7.31. The molecule has 1 fully saturated rings. The number of hydrogen-bond donors (Lipinski definition) is 1. The predicted octanol–water partition coefficient (Wildman–Crippen LogP) is 1.73. The molecule has 2 heterocycles. The van der Waals surface area contributed by atoms with Crippen LogP contribution in [0.1, 0.15) is 39.3 Å². The fraction of sp³-hybridized carbons (Fsp3) is 0.688. The maximum atomic E-state index is 12.5. The van der Waals surface area contributed by atoms with Gasteiger partial charge < -0.3 is 14.6 Å². The van der Waals surface area contributed by atoms with E-state index in [1.54, 1.807) is 4.90 Å². The maximum Gasteiger partial charge on any atom is 0.318 e. The van der Waals surface area contributed by atoms with E-state index in [0.717, 1.165) is 0 Å². The van der Waals surface area contributed by atoms with Gasteiger partial charge in [0, 0.05) is 25.5 Å². The Morgan fingerprint density at radius 2 is 1.92 bits per heavy atom. The minimum atomic E-state index is -1.03. The Hall–Kier alpha value is -1.28. The molecule has 0 spiro atoms. The number of aliphatic hydroxyl groups excluding tert-OH is 1. The lowest BCUT2D eigenvalue weighted by Gasteiger charge is -2.41. The zero-order chi connectivity index (χ0) is 18.0. The average Bonchev–Trinajstić information content (AvgIpc) is 2.53. The summed E-state index contributed by atoms with van der Waals surface area (Å²) in [5, 5.41) is 10.4. The fourth-order valence-electron chi connectivity index (χ4n) is 2.89. The van der Waals surface area contributed by atoms with Crippen LogP contribution < -0.4 is 0 Å². The number of aliphatic hydroxyl groups is 1. The van der Waals surface area contributed by atoms with Crippen LogP contribution in [0.4, 0.5) is 0 Å². The highest BCUT2D eigenvalue weighted by Crippen LogP contribution is 2.38. The van der Waals surface area contributed by atoms with E-state index in [9.17, 15) is 9.90 Å². The van der Waals surface area contributed by atoms with Gasteiger partial charge in [-0.15, -0.1) is 0 Å². The number of esters is 1. The van der Waals surface area contributed by atoms with Crippen molar-refractivity contribution in [1.29, 1.82) is 0 Å². The molecular weight excluding hydrogens is 334 g/mol. The largest absolute Gasteiger partial charge is 0.468 e. The molecule has 0 aliphatic carbocycles. The Kier molecular flexibility index (Phi) is 5.80. The van der Waals surface area contributed by atoms with Crippen LogP contribution in [-0.4, -0.2) is 58.2 Å². The smallest absolute Gasteiger partial charge is 0.318 e. The van der Waals surface area contributed by atoms with Crippen LogP contribution >= 0.6 is 11.6 Å². The van der Waals surface area contributed by atoms with E-state index in [-0.39, 0.29) is 5.15 Å². The molecule has 1 N–H and O–H groups in total. The molecule has 2 rings (SSSR count). The molecule has 1 saturated heterocycles. The van der Waals surface area contributed by atoms with E-state index in [1.165, 1.54) is 19.5 Å². The standard InChI is InChI=1S/C16H24ClN3O4/c1-15(2,3)24-14(22)20-9-5-16(6-10-20,13(21)23-4)11-12(17)19-8-7-18-11/h7-8,14,22H,5-6,9-10H2,1-4H3. The van der Waals surface area contributed by atoms with E-state index in [0.29, 0.717) is 31.6 Å². The Morgan fingerprint density at radius 1 is 1.33 bits per heavy atom. The van der Waals surface area contributed by atoms with Crippen molar-refractivity contribution in [3.8, 4) is 0 Å². The van der Waals surface area contributed by atoms with Crippen LogP contribution in [0.25, 0.3) is 0 Å². The first-order valence-electron chi connectivity index (χ1n) is 7.85. The molecular formula is C16H24ClN3O4. The molecule has 0 amide bonds. The summed E-state index contributed by atoms with van der Waals surface area (Å²) in [4.78, 5) is 22.6. The topological polar surface area (TPSA) is 84.8 Å². The Bertz CT molecular complexity index is 583. The van der Waals surface area contributed by atoms with Gasteiger partial charge in [-0.2, -0.15) is 0 Å². The molecule has 24 heavy (non-hydrogen) atoms. The molecule has 1 aliphatic rings. The second-order valence-corrected chi connectivity index (χ2v) is 7.22. The van der Waals surface area contributed by atoms with Crippen molar-refractivity contribution in [3.63, 3.8) is 0 Å². The van der Waals surface area contributed by atoms with Gasteiger partial charge >= 0.3 is 5.97 Å². The number of rotatable bonds is 4. The minimum absolute atomic E-state index is 0.197. The lowest BCUT2D eigenvalue weighted by atomic mass is 9.75.